The van der Waals surface area contributed by atoms with Gasteiger partial charge in [-0.2, -0.15) is 4.98 Å². The number of amides is 2. The molecule has 3 aliphatic heterocycles. The fourth-order valence-corrected chi connectivity index (χ4v) is 5.15. The van der Waals surface area contributed by atoms with Crippen LogP contribution in [0.1, 0.15) is 42.5 Å². The Morgan fingerprint density at radius 2 is 1.94 bits per heavy atom. The Labute approximate surface area is 205 Å². The van der Waals surface area contributed by atoms with Crippen LogP contribution in [0.4, 0.5) is 23.1 Å². The number of methoxy groups -OCH3 is 1. The van der Waals surface area contributed by atoms with Crippen LogP contribution in [0.2, 0.25) is 0 Å². The van der Waals surface area contributed by atoms with E-state index >= 15 is 0 Å². The van der Waals surface area contributed by atoms with Crippen LogP contribution in [0.15, 0.2) is 24.4 Å². The molecule has 0 radical (unpaired) electrons. The molecule has 1 aromatic heterocycles. The van der Waals surface area contributed by atoms with Gasteiger partial charge in [0.15, 0.2) is 5.82 Å². The molecular formula is C25H33N7O3. The summed E-state index contributed by atoms with van der Waals surface area (Å²) in [5, 5.41) is 6.38. The first-order valence-corrected chi connectivity index (χ1v) is 12.3. The fourth-order valence-electron chi connectivity index (χ4n) is 5.15. The van der Waals surface area contributed by atoms with E-state index in [2.05, 4.69) is 32.5 Å². The second-order valence-corrected chi connectivity index (χ2v) is 9.64. The number of anilines is 4. The normalized spacial score (nSPS) is 20.8. The van der Waals surface area contributed by atoms with Crippen molar-refractivity contribution in [1.82, 2.24) is 20.2 Å². The van der Waals surface area contributed by atoms with Crippen LogP contribution < -0.4 is 25.2 Å². The zero-order chi connectivity index (χ0) is 24.5. The van der Waals surface area contributed by atoms with Gasteiger partial charge in [-0.15, -0.1) is 0 Å². The third-order valence-electron chi connectivity index (χ3n) is 7.31. The molecule has 3 aliphatic rings. The molecule has 0 bridgehead atoms. The molecule has 2 N–H and O–H groups in total. The number of benzene rings is 1. The summed E-state index contributed by atoms with van der Waals surface area (Å²) in [7, 11) is 5.45. The summed E-state index contributed by atoms with van der Waals surface area (Å²) in [5.41, 5.74) is 1.94. The van der Waals surface area contributed by atoms with Gasteiger partial charge in [0.25, 0.3) is 5.91 Å². The molecule has 4 heterocycles. The van der Waals surface area contributed by atoms with E-state index in [-0.39, 0.29) is 23.9 Å². The average molecular weight is 480 g/mol. The van der Waals surface area contributed by atoms with Crippen LogP contribution in [0.5, 0.6) is 5.75 Å². The summed E-state index contributed by atoms with van der Waals surface area (Å²) in [4.78, 5) is 40.8. The zero-order valence-corrected chi connectivity index (χ0v) is 20.6. The van der Waals surface area contributed by atoms with Crippen LogP contribution in [0.25, 0.3) is 0 Å². The Kier molecular flexibility index (Phi) is 6.46. The number of nitrogens with one attached hydrogen (secondary N) is 2. The van der Waals surface area contributed by atoms with Gasteiger partial charge in [-0.05, 0) is 64.0 Å². The largest absolute Gasteiger partial charge is 0.495 e. The zero-order valence-electron chi connectivity index (χ0n) is 20.6. The number of nitrogens with zero attached hydrogens (tertiary/aromatic N) is 5. The molecule has 2 aromatic rings. The highest BCUT2D eigenvalue weighted by Gasteiger charge is 2.35. The standard InChI is InChI=1S/C25H33N7O3/c1-30-11-8-17(9-12-30)27-24(34)16-6-7-19(21(13-16)35-3)28-25-26-15-20-23(29-25)32-10-4-5-18(32)14-22(33)31(20)2/h6-7,13,15,17-18H,4-5,8-12,14H2,1-3H3,(H,27,34)(H,26,28,29). The number of carbonyl (C=O) groups excluding carboxylic acids is 2. The van der Waals surface area contributed by atoms with Crippen LogP contribution in [0.3, 0.4) is 0 Å². The van der Waals surface area contributed by atoms with Gasteiger partial charge in [-0.1, -0.05) is 0 Å². The summed E-state index contributed by atoms with van der Waals surface area (Å²) < 4.78 is 5.58. The molecule has 1 atom stereocenters. The first-order valence-electron chi connectivity index (χ1n) is 12.3. The molecule has 1 aromatic carbocycles. The van der Waals surface area contributed by atoms with Crippen LogP contribution in [-0.4, -0.2) is 79.6 Å². The average Bonchev–Trinajstić information content (AvgIpc) is 3.29. The predicted molar refractivity (Wildman–Crippen MR) is 135 cm³/mol. The number of likely N-dealkylation sites (tertiary alicyclic amines) is 1. The maximum Gasteiger partial charge on any atom is 0.251 e. The van der Waals surface area contributed by atoms with Gasteiger partial charge < -0.3 is 30.1 Å². The van der Waals surface area contributed by atoms with Crippen molar-refractivity contribution in [2.75, 3.05) is 56.0 Å². The van der Waals surface area contributed by atoms with Crippen LogP contribution in [-0.2, 0) is 4.79 Å². The maximum atomic E-state index is 12.8. The van der Waals surface area contributed by atoms with Gasteiger partial charge in [0.05, 0.1) is 19.0 Å². The van der Waals surface area contributed by atoms with E-state index in [1.807, 2.05) is 6.07 Å². The molecule has 10 heteroatoms. The lowest BCUT2D eigenvalue weighted by molar-refractivity contribution is -0.118. The van der Waals surface area contributed by atoms with E-state index in [1.54, 1.807) is 37.4 Å². The Bertz CT molecular complexity index is 1120. The number of carbonyl (C=O) groups is 2. The van der Waals surface area contributed by atoms with Crippen LogP contribution in [0, 0.1) is 0 Å². The molecule has 2 saturated heterocycles. The predicted octanol–water partition coefficient (Wildman–Crippen LogP) is 2.39. The lowest BCUT2D eigenvalue weighted by atomic mass is 10.0. The minimum atomic E-state index is -0.0986. The summed E-state index contributed by atoms with van der Waals surface area (Å²) in [6.07, 6.45) is 6.12. The maximum absolute atomic E-state index is 12.8. The molecule has 0 spiro atoms. The Morgan fingerprint density at radius 1 is 1.14 bits per heavy atom. The van der Waals surface area contributed by atoms with E-state index < -0.39 is 0 Å². The highest BCUT2D eigenvalue weighted by Crippen LogP contribution is 2.38. The van der Waals surface area contributed by atoms with E-state index in [9.17, 15) is 9.59 Å². The lowest BCUT2D eigenvalue weighted by Crippen LogP contribution is -2.43. The van der Waals surface area contributed by atoms with Crippen molar-refractivity contribution in [2.45, 2.75) is 44.2 Å². The lowest BCUT2D eigenvalue weighted by Gasteiger charge is -2.29. The molecular weight excluding hydrogens is 446 g/mol. The monoisotopic (exact) mass is 479 g/mol. The Balaban J connectivity index is 1.35. The number of rotatable bonds is 5. The number of ether oxygens (including phenoxy) is 1. The highest BCUT2D eigenvalue weighted by molar-refractivity contribution is 5.98. The molecule has 35 heavy (non-hydrogen) atoms. The molecule has 186 valence electrons. The molecule has 5 rings (SSSR count). The summed E-state index contributed by atoms with van der Waals surface area (Å²) in [6, 6.07) is 5.69. The SMILES string of the molecule is COc1cc(C(=O)NC2CCN(C)CC2)ccc1Nc1ncc2c(n1)N1CCCC1CC(=O)N2C. The summed E-state index contributed by atoms with van der Waals surface area (Å²) in [6.45, 7) is 2.85. The van der Waals surface area contributed by atoms with Crippen molar-refractivity contribution < 1.29 is 14.3 Å². The molecule has 1 unspecified atom stereocenters. The molecule has 10 nitrogen and oxygen atoms in total. The number of fused-ring (bicyclic) bond motifs is 3. The third-order valence-corrected chi connectivity index (χ3v) is 7.31. The molecule has 0 aliphatic carbocycles. The van der Waals surface area contributed by atoms with Gasteiger partial charge in [0, 0.05) is 37.7 Å². The number of piperidine rings is 1. The van der Waals surface area contributed by atoms with Gasteiger partial charge in [-0.25, -0.2) is 4.98 Å². The van der Waals surface area contributed by atoms with Crippen molar-refractivity contribution in [2.24, 2.45) is 0 Å². The fraction of sp³-hybridized carbons (Fsp3) is 0.520. The van der Waals surface area contributed by atoms with E-state index in [4.69, 9.17) is 9.72 Å². The van der Waals surface area contributed by atoms with Crippen LogP contribution >= 0.6 is 0 Å². The van der Waals surface area contributed by atoms with E-state index in [0.717, 1.165) is 56.8 Å². The Morgan fingerprint density at radius 3 is 2.71 bits per heavy atom. The van der Waals surface area contributed by atoms with Gasteiger partial charge in [0.1, 0.15) is 11.4 Å². The van der Waals surface area contributed by atoms with E-state index in [1.165, 1.54) is 0 Å². The second-order valence-electron chi connectivity index (χ2n) is 9.64. The van der Waals surface area contributed by atoms with Crippen molar-refractivity contribution >= 4 is 35.0 Å². The van der Waals surface area contributed by atoms with Gasteiger partial charge in [-0.3, -0.25) is 9.59 Å². The smallest absolute Gasteiger partial charge is 0.251 e. The molecule has 0 saturated carbocycles. The first-order chi connectivity index (χ1) is 16.9. The summed E-state index contributed by atoms with van der Waals surface area (Å²) in [5.74, 6) is 1.70. The highest BCUT2D eigenvalue weighted by atomic mass is 16.5. The summed E-state index contributed by atoms with van der Waals surface area (Å²) >= 11 is 0. The Hall–Kier alpha value is -3.40. The van der Waals surface area contributed by atoms with Gasteiger partial charge in [0.2, 0.25) is 11.9 Å². The minimum absolute atomic E-state index is 0.0840. The van der Waals surface area contributed by atoms with Gasteiger partial charge >= 0.3 is 0 Å². The first kappa shape index (κ1) is 23.3. The minimum Gasteiger partial charge on any atom is -0.495 e. The van der Waals surface area contributed by atoms with E-state index in [0.29, 0.717) is 29.4 Å². The van der Waals surface area contributed by atoms with Crippen molar-refractivity contribution in [3.05, 3.63) is 30.0 Å². The van der Waals surface area contributed by atoms with Crippen molar-refractivity contribution in [1.29, 1.82) is 0 Å². The van der Waals surface area contributed by atoms with Crippen molar-refractivity contribution in [3.63, 3.8) is 0 Å². The topological polar surface area (TPSA) is 103 Å². The van der Waals surface area contributed by atoms with Crippen molar-refractivity contribution in [3.8, 4) is 5.75 Å². The molecule has 2 fully saturated rings. The quantitative estimate of drug-likeness (QED) is 0.674. The second kappa shape index (κ2) is 9.69. The third kappa shape index (κ3) is 4.75. The number of hydrogen-bond acceptors (Lipinski definition) is 8. The molecule has 2 amide bonds. The number of hydrogen-bond donors (Lipinski definition) is 2. The number of aromatic nitrogens is 2.